The van der Waals surface area contributed by atoms with E-state index in [0.29, 0.717) is 22.4 Å². The number of benzene rings is 2. The lowest BCUT2D eigenvalue weighted by molar-refractivity contribution is -0.274. The van der Waals surface area contributed by atoms with Gasteiger partial charge in [0.2, 0.25) is 0 Å². The molecular formula is C20H17F3N2O3. The fourth-order valence-electron chi connectivity index (χ4n) is 2.31. The van der Waals surface area contributed by atoms with E-state index in [1.165, 1.54) is 31.4 Å². The van der Waals surface area contributed by atoms with Gasteiger partial charge in [-0.3, -0.25) is 4.79 Å². The third kappa shape index (κ3) is 6.36. The first-order chi connectivity index (χ1) is 13.3. The molecule has 0 fully saturated rings. The van der Waals surface area contributed by atoms with Gasteiger partial charge in [-0.2, -0.15) is 5.26 Å². The van der Waals surface area contributed by atoms with Gasteiger partial charge in [-0.25, -0.2) is 0 Å². The van der Waals surface area contributed by atoms with E-state index in [-0.39, 0.29) is 24.6 Å². The van der Waals surface area contributed by atoms with E-state index >= 15 is 0 Å². The molecule has 2 aromatic carbocycles. The fraction of sp³-hybridized carbons (Fsp3) is 0.200. The second-order valence-electron chi connectivity index (χ2n) is 5.57. The molecule has 0 unspecified atom stereocenters. The molecule has 0 saturated carbocycles. The number of hydrogen-bond acceptors (Lipinski definition) is 4. The van der Waals surface area contributed by atoms with Gasteiger partial charge in [-0.15, -0.1) is 13.2 Å². The smallest absolute Gasteiger partial charge is 0.496 e. The van der Waals surface area contributed by atoms with Crippen molar-refractivity contribution in [1.82, 2.24) is 5.32 Å². The number of nitrogens with zero attached hydrogens (tertiary/aromatic N) is 1. The van der Waals surface area contributed by atoms with E-state index in [9.17, 15) is 18.0 Å². The Kier molecular flexibility index (Phi) is 7.04. The summed E-state index contributed by atoms with van der Waals surface area (Å²) in [4.78, 5) is 12.1. The Morgan fingerprint density at radius 1 is 1.18 bits per heavy atom. The Morgan fingerprint density at radius 3 is 2.50 bits per heavy atom. The summed E-state index contributed by atoms with van der Waals surface area (Å²) in [7, 11) is 1.49. The summed E-state index contributed by atoms with van der Waals surface area (Å²) in [6.45, 7) is 0.249. The van der Waals surface area contributed by atoms with Crippen LogP contribution in [0.15, 0.2) is 42.5 Å². The Balaban J connectivity index is 2.16. The molecule has 0 radical (unpaired) electrons. The van der Waals surface area contributed by atoms with Gasteiger partial charge in [0.1, 0.15) is 11.5 Å². The first kappa shape index (κ1) is 20.8. The first-order valence-corrected chi connectivity index (χ1v) is 8.19. The van der Waals surface area contributed by atoms with Crippen molar-refractivity contribution in [3.8, 4) is 17.6 Å². The van der Waals surface area contributed by atoms with Crippen LogP contribution >= 0.6 is 0 Å². The number of carbonyl (C=O) groups is 1. The zero-order valence-corrected chi connectivity index (χ0v) is 14.9. The lowest BCUT2D eigenvalue weighted by Crippen LogP contribution is -2.24. The third-order valence-electron chi connectivity index (χ3n) is 3.58. The number of nitriles is 1. The molecule has 0 aliphatic rings. The van der Waals surface area contributed by atoms with Gasteiger partial charge >= 0.3 is 6.36 Å². The SMILES string of the molecule is COc1ccc(C(=O)NCCC#N)cc1/C=C/c1ccc(OC(F)(F)F)cc1. The number of methoxy groups -OCH3 is 1. The molecule has 0 aromatic heterocycles. The molecule has 0 saturated heterocycles. The Morgan fingerprint density at radius 2 is 1.89 bits per heavy atom. The fourth-order valence-corrected chi connectivity index (χ4v) is 2.31. The number of carbonyl (C=O) groups excluding carboxylic acids is 1. The molecule has 0 aliphatic heterocycles. The average molecular weight is 390 g/mol. The van der Waals surface area contributed by atoms with Gasteiger partial charge in [0.25, 0.3) is 5.91 Å². The van der Waals surface area contributed by atoms with Gasteiger partial charge in [0, 0.05) is 17.7 Å². The molecule has 28 heavy (non-hydrogen) atoms. The lowest BCUT2D eigenvalue weighted by Gasteiger charge is -2.09. The Hall–Kier alpha value is -3.47. The maximum absolute atomic E-state index is 12.2. The molecule has 0 spiro atoms. The molecular weight excluding hydrogens is 373 g/mol. The van der Waals surface area contributed by atoms with Crippen LogP contribution in [-0.2, 0) is 0 Å². The van der Waals surface area contributed by atoms with Crippen LogP contribution in [0.4, 0.5) is 13.2 Å². The average Bonchev–Trinajstić information content (AvgIpc) is 2.66. The topological polar surface area (TPSA) is 71.3 Å². The van der Waals surface area contributed by atoms with Crippen molar-refractivity contribution in [1.29, 1.82) is 5.26 Å². The molecule has 0 aliphatic carbocycles. The Bertz CT molecular complexity index is 885. The van der Waals surface area contributed by atoms with Gasteiger partial charge < -0.3 is 14.8 Å². The van der Waals surface area contributed by atoms with Crippen molar-refractivity contribution in [2.24, 2.45) is 0 Å². The molecule has 2 aromatic rings. The maximum atomic E-state index is 12.2. The zero-order valence-electron chi connectivity index (χ0n) is 14.9. The zero-order chi connectivity index (χ0) is 20.6. The summed E-state index contributed by atoms with van der Waals surface area (Å²) in [5.74, 6) is -0.0960. The number of alkyl halides is 3. The molecule has 146 valence electrons. The number of halogens is 3. The van der Waals surface area contributed by atoms with Crippen molar-refractivity contribution in [2.75, 3.05) is 13.7 Å². The molecule has 1 N–H and O–H groups in total. The first-order valence-electron chi connectivity index (χ1n) is 8.19. The summed E-state index contributed by atoms with van der Waals surface area (Å²) in [5, 5.41) is 11.2. The highest BCUT2D eigenvalue weighted by Crippen LogP contribution is 2.25. The predicted octanol–water partition coefficient (Wildman–Crippen LogP) is 4.41. The number of hydrogen-bond donors (Lipinski definition) is 1. The highest BCUT2D eigenvalue weighted by atomic mass is 19.4. The summed E-state index contributed by atoms with van der Waals surface area (Å²) >= 11 is 0. The molecule has 1 amide bonds. The molecule has 0 atom stereocenters. The molecule has 2 rings (SSSR count). The van der Waals surface area contributed by atoms with Crippen molar-refractivity contribution < 1.29 is 27.4 Å². The van der Waals surface area contributed by atoms with Crippen LogP contribution in [0.1, 0.15) is 27.9 Å². The van der Waals surface area contributed by atoms with E-state index in [4.69, 9.17) is 10.00 Å². The second kappa shape index (κ2) is 9.46. The van der Waals surface area contributed by atoms with Crippen molar-refractivity contribution in [2.45, 2.75) is 12.8 Å². The van der Waals surface area contributed by atoms with E-state index in [2.05, 4.69) is 10.1 Å². The second-order valence-corrected chi connectivity index (χ2v) is 5.57. The number of rotatable bonds is 7. The van der Waals surface area contributed by atoms with Crippen LogP contribution in [0, 0.1) is 11.3 Å². The van der Waals surface area contributed by atoms with Crippen molar-refractivity contribution in [3.05, 3.63) is 59.2 Å². The van der Waals surface area contributed by atoms with Gasteiger partial charge in [0.15, 0.2) is 0 Å². The van der Waals surface area contributed by atoms with Crippen LogP contribution in [0.5, 0.6) is 11.5 Å². The van der Waals surface area contributed by atoms with Gasteiger partial charge in [-0.05, 0) is 35.9 Å². The van der Waals surface area contributed by atoms with Gasteiger partial charge in [-0.1, -0.05) is 24.3 Å². The van der Waals surface area contributed by atoms with E-state index < -0.39 is 6.36 Å². The van der Waals surface area contributed by atoms with E-state index in [1.54, 1.807) is 30.4 Å². The van der Waals surface area contributed by atoms with E-state index in [1.807, 2.05) is 6.07 Å². The summed E-state index contributed by atoms with van der Waals surface area (Å²) in [5.41, 5.74) is 1.65. The summed E-state index contributed by atoms with van der Waals surface area (Å²) in [6.07, 6.45) is -1.17. The number of nitrogens with one attached hydrogen (secondary N) is 1. The van der Waals surface area contributed by atoms with E-state index in [0.717, 1.165) is 0 Å². The molecule has 8 heteroatoms. The largest absolute Gasteiger partial charge is 0.573 e. The standard InChI is InChI=1S/C20H17F3N2O3/c1-27-18-10-7-16(19(26)25-12-2-11-24)13-15(18)6-3-14-4-8-17(9-5-14)28-20(21,22)23/h3-10,13H,2,12H2,1H3,(H,25,26)/b6-3+. The van der Waals surface area contributed by atoms with Crippen molar-refractivity contribution in [3.63, 3.8) is 0 Å². The minimum atomic E-state index is -4.74. The number of amides is 1. The highest BCUT2D eigenvalue weighted by Gasteiger charge is 2.30. The van der Waals surface area contributed by atoms with Crippen LogP contribution in [0.25, 0.3) is 12.2 Å². The van der Waals surface area contributed by atoms with Crippen LogP contribution < -0.4 is 14.8 Å². The normalized spacial score (nSPS) is 11.1. The van der Waals surface area contributed by atoms with Crippen molar-refractivity contribution >= 4 is 18.1 Å². The van der Waals surface area contributed by atoms with Crippen LogP contribution in [-0.4, -0.2) is 25.9 Å². The molecule has 5 nitrogen and oxygen atoms in total. The lowest BCUT2D eigenvalue weighted by atomic mass is 10.1. The number of ether oxygens (including phenoxy) is 2. The van der Waals surface area contributed by atoms with Crippen LogP contribution in [0.3, 0.4) is 0 Å². The van der Waals surface area contributed by atoms with Gasteiger partial charge in [0.05, 0.1) is 19.6 Å². The highest BCUT2D eigenvalue weighted by molar-refractivity contribution is 5.95. The molecule has 0 bridgehead atoms. The van der Waals surface area contributed by atoms with Crippen LogP contribution in [0.2, 0.25) is 0 Å². The minimum absolute atomic E-state index is 0.211. The molecule has 0 heterocycles. The quantitative estimate of drug-likeness (QED) is 0.562. The minimum Gasteiger partial charge on any atom is -0.496 e. The third-order valence-corrected chi connectivity index (χ3v) is 3.58. The summed E-state index contributed by atoms with van der Waals surface area (Å²) in [6, 6.07) is 12.2. The monoisotopic (exact) mass is 390 g/mol. The maximum Gasteiger partial charge on any atom is 0.573 e. The Labute approximate surface area is 160 Å². The predicted molar refractivity (Wildman–Crippen MR) is 97.6 cm³/mol. The summed E-state index contributed by atoms with van der Waals surface area (Å²) < 4.78 is 45.7.